The van der Waals surface area contributed by atoms with Crippen LogP contribution in [0, 0.1) is 6.92 Å². The highest BCUT2D eigenvalue weighted by molar-refractivity contribution is 5.76. The lowest BCUT2D eigenvalue weighted by atomic mass is 10.3. The number of carbonyl (C=O) groups excluding carboxylic acids is 2. The molecule has 120 valence electrons. The fraction of sp³-hybridized carbons (Fsp3) is 0.533. The molecule has 7 heteroatoms. The summed E-state index contributed by atoms with van der Waals surface area (Å²) in [4.78, 5) is 39.1. The third-order valence-electron chi connectivity index (χ3n) is 3.67. The first-order valence-electron chi connectivity index (χ1n) is 7.38. The molecule has 0 aliphatic carbocycles. The predicted octanol–water partition coefficient (Wildman–Crippen LogP) is 0.457. The summed E-state index contributed by atoms with van der Waals surface area (Å²) >= 11 is 0. The molecule has 0 N–H and O–H groups in total. The molecule has 0 saturated carbocycles. The smallest absolute Gasteiger partial charge is 0.409 e. The average Bonchev–Trinajstić information content (AvgIpc) is 2.52. The molecule has 1 aromatic heterocycles. The van der Waals surface area contributed by atoms with Crippen molar-refractivity contribution in [2.45, 2.75) is 20.4 Å². The van der Waals surface area contributed by atoms with E-state index in [1.54, 1.807) is 42.0 Å². The third-order valence-corrected chi connectivity index (χ3v) is 3.67. The Bertz CT molecular complexity index is 603. The van der Waals surface area contributed by atoms with Gasteiger partial charge in [0.15, 0.2) is 0 Å². The zero-order chi connectivity index (χ0) is 16.1. The van der Waals surface area contributed by atoms with E-state index in [-0.39, 0.29) is 24.1 Å². The van der Waals surface area contributed by atoms with Gasteiger partial charge in [-0.3, -0.25) is 9.59 Å². The summed E-state index contributed by atoms with van der Waals surface area (Å²) in [5.74, 6) is -0.115. The Morgan fingerprint density at radius 1 is 1.18 bits per heavy atom. The van der Waals surface area contributed by atoms with Gasteiger partial charge >= 0.3 is 6.09 Å². The van der Waals surface area contributed by atoms with Crippen LogP contribution in [0.2, 0.25) is 0 Å². The van der Waals surface area contributed by atoms with Gasteiger partial charge in [0.1, 0.15) is 6.54 Å². The zero-order valence-electron chi connectivity index (χ0n) is 12.9. The number of piperazine rings is 1. The van der Waals surface area contributed by atoms with Crippen LogP contribution in [0.3, 0.4) is 0 Å². The van der Waals surface area contributed by atoms with Crippen molar-refractivity contribution in [3.8, 4) is 0 Å². The Morgan fingerprint density at radius 3 is 2.45 bits per heavy atom. The van der Waals surface area contributed by atoms with Crippen molar-refractivity contribution in [2.75, 3.05) is 32.8 Å². The Kier molecular flexibility index (Phi) is 5.19. The molecule has 0 atom stereocenters. The number of aryl methyl sites for hydroxylation is 1. The van der Waals surface area contributed by atoms with E-state index in [1.165, 1.54) is 4.57 Å². The van der Waals surface area contributed by atoms with Crippen LogP contribution in [0.1, 0.15) is 12.5 Å². The average molecular weight is 307 g/mol. The summed E-state index contributed by atoms with van der Waals surface area (Å²) in [5.41, 5.74) is 0.462. The summed E-state index contributed by atoms with van der Waals surface area (Å²) < 4.78 is 6.35. The second-order valence-electron chi connectivity index (χ2n) is 5.19. The number of hydrogen-bond donors (Lipinski definition) is 0. The second-order valence-corrected chi connectivity index (χ2v) is 5.19. The largest absolute Gasteiger partial charge is 0.450 e. The molecule has 2 heterocycles. The van der Waals surface area contributed by atoms with Crippen molar-refractivity contribution >= 4 is 12.0 Å². The molecule has 1 aromatic rings. The molecular formula is C15H21N3O4. The van der Waals surface area contributed by atoms with Gasteiger partial charge in [-0.25, -0.2) is 4.79 Å². The Labute approximate surface area is 129 Å². The number of carbonyl (C=O) groups is 2. The Balaban J connectivity index is 1.91. The molecule has 2 rings (SSSR count). The summed E-state index contributed by atoms with van der Waals surface area (Å²) in [7, 11) is 0. The van der Waals surface area contributed by atoms with Crippen LogP contribution in [-0.2, 0) is 16.1 Å². The van der Waals surface area contributed by atoms with Crippen LogP contribution >= 0.6 is 0 Å². The third kappa shape index (κ3) is 3.66. The lowest BCUT2D eigenvalue weighted by Crippen LogP contribution is -2.51. The van der Waals surface area contributed by atoms with E-state index >= 15 is 0 Å². The van der Waals surface area contributed by atoms with E-state index in [0.29, 0.717) is 38.3 Å². The highest BCUT2D eigenvalue weighted by Gasteiger charge is 2.24. The maximum atomic E-state index is 12.3. The Morgan fingerprint density at radius 2 is 1.82 bits per heavy atom. The number of hydrogen-bond acceptors (Lipinski definition) is 4. The van der Waals surface area contributed by atoms with Crippen LogP contribution in [0.25, 0.3) is 0 Å². The van der Waals surface area contributed by atoms with Crippen LogP contribution < -0.4 is 5.56 Å². The molecule has 1 aliphatic heterocycles. The quantitative estimate of drug-likeness (QED) is 0.813. The molecule has 0 radical (unpaired) electrons. The molecule has 0 spiro atoms. The van der Waals surface area contributed by atoms with Crippen molar-refractivity contribution in [2.24, 2.45) is 0 Å². The minimum Gasteiger partial charge on any atom is -0.450 e. The molecule has 22 heavy (non-hydrogen) atoms. The van der Waals surface area contributed by atoms with Gasteiger partial charge < -0.3 is 19.1 Å². The van der Waals surface area contributed by atoms with E-state index in [4.69, 9.17) is 4.74 Å². The SMILES string of the molecule is CCOC(=O)N1CCN(C(=O)Cn2cccc(C)c2=O)CC1. The van der Waals surface area contributed by atoms with Crippen molar-refractivity contribution in [3.63, 3.8) is 0 Å². The molecule has 2 amide bonds. The standard InChI is InChI=1S/C15H21N3O4/c1-3-22-15(21)17-9-7-16(8-10-17)13(19)11-18-6-4-5-12(2)14(18)20/h4-6H,3,7-11H2,1-2H3. The van der Waals surface area contributed by atoms with Crippen LogP contribution in [-0.4, -0.2) is 59.2 Å². The van der Waals surface area contributed by atoms with Gasteiger partial charge in [-0.15, -0.1) is 0 Å². The first-order chi connectivity index (χ1) is 10.5. The highest BCUT2D eigenvalue weighted by Crippen LogP contribution is 2.05. The normalized spacial score (nSPS) is 14.8. The lowest BCUT2D eigenvalue weighted by Gasteiger charge is -2.34. The van der Waals surface area contributed by atoms with Crippen LogP contribution in [0.4, 0.5) is 4.79 Å². The van der Waals surface area contributed by atoms with Crippen molar-refractivity contribution in [1.82, 2.24) is 14.4 Å². The lowest BCUT2D eigenvalue weighted by molar-refractivity contribution is -0.133. The summed E-state index contributed by atoms with van der Waals surface area (Å²) in [6.45, 7) is 5.67. The molecular weight excluding hydrogens is 286 g/mol. The molecule has 0 unspecified atom stereocenters. The number of aromatic nitrogens is 1. The summed E-state index contributed by atoms with van der Waals surface area (Å²) in [6.07, 6.45) is 1.27. The second kappa shape index (κ2) is 7.11. The number of pyridine rings is 1. The van der Waals surface area contributed by atoms with Crippen molar-refractivity contribution in [1.29, 1.82) is 0 Å². The molecule has 1 saturated heterocycles. The van der Waals surface area contributed by atoms with E-state index in [2.05, 4.69) is 0 Å². The number of ether oxygens (including phenoxy) is 1. The van der Waals surface area contributed by atoms with Gasteiger partial charge in [-0.1, -0.05) is 6.07 Å². The molecule has 1 fully saturated rings. The van der Waals surface area contributed by atoms with Crippen LogP contribution in [0.5, 0.6) is 0 Å². The first kappa shape index (κ1) is 16.1. The minimum atomic E-state index is -0.343. The van der Waals surface area contributed by atoms with E-state index in [0.717, 1.165) is 0 Å². The monoisotopic (exact) mass is 307 g/mol. The van der Waals surface area contributed by atoms with Crippen LogP contribution in [0.15, 0.2) is 23.1 Å². The fourth-order valence-electron chi connectivity index (χ4n) is 2.38. The van der Waals surface area contributed by atoms with E-state index < -0.39 is 0 Å². The van der Waals surface area contributed by atoms with Gasteiger partial charge in [-0.2, -0.15) is 0 Å². The molecule has 7 nitrogen and oxygen atoms in total. The molecule has 1 aliphatic rings. The fourth-order valence-corrected chi connectivity index (χ4v) is 2.38. The number of rotatable bonds is 3. The van der Waals surface area contributed by atoms with Gasteiger partial charge in [0, 0.05) is 37.9 Å². The first-order valence-corrected chi connectivity index (χ1v) is 7.38. The Hall–Kier alpha value is -2.31. The van der Waals surface area contributed by atoms with Gasteiger partial charge in [-0.05, 0) is 19.9 Å². The minimum absolute atomic E-state index is 0.0277. The zero-order valence-corrected chi connectivity index (χ0v) is 12.9. The van der Waals surface area contributed by atoms with E-state index in [1.807, 2.05) is 0 Å². The predicted molar refractivity (Wildman–Crippen MR) is 80.6 cm³/mol. The van der Waals surface area contributed by atoms with Gasteiger partial charge in [0.25, 0.3) is 5.56 Å². The topological polar surface area (TPSA) is 71.8 Å². The van der Waals surface area contributed by atoms with Gasteiger partial charge in [0.2, 0.25) is 5.91 Å². The molecule has 0 bridgehead atoms. The highest BCUT2D eigenvalue weighted by atomic mass is 16.6. The number of nitrogens with zero attached hydrogens (tertiary/aromatic N) is 3. The van der Waals surface area contributed by atoms with Gasteiger partial charge in [0.05, 0.1) is 6.61 Å². The van der Waals surface area contributed by atoms with Crippen molar-refractivity contribution in [3.05, 3.63) is 34.2 Å². The number of amides is 2. The van der Waals surface area contributed by atoms with Crippen molar-refractivity contribution < 1.29 is 14.3 Å². The molecule has 0 aromatic carbocycles. The maximum Gasteiger partial charge on any atom is 0.409 e. The summed E-state index contributed by atoms with van der Waals surface area (Å²) in [5, 5.41) is 0. The van der Waals surface area contributed by atoms with E-state index in [9.17, 15) is 14.4 Å². The maximum absolute atomic E-state index is 12.3. The summed E-state index contributed by atoms with van der Waals surface area (Å²) in [6, 6.07) is 3.48.